The monoisotopic (exact) mass is 290 g/mol. The first-order chi connectivity index (χ1) is 10.7. The minimum absolute atomic E-state index is 1.02. The van der Waals surface area contributed by atoms with Gasteiger partial charge < -0.3 is 4.40 Å². The van der Waals surface area contributed by atoms with E-state index in [-0.39, 0.29) is 0 Å². The number of hydrogen-bond acceptors (Lipinski definition) is 1. The molecule has 0 amide bonds. The fourth-order valence-corrected chi connectivity index (χ4v) is 3.15. The number of amidine groups is 1. The lowest BCUT2D eigenvalue weighted by Gasteiger charge is -2.09. The Morgan fingerprint density at radius 3 is 2.77 bits per heavy atom. The molecule has 3 nitrogen and oxygen atoms in total. The summed E-state index contributed by atoms with van der Waals surface area (Å²) in [5.41, 5.74) is 6.33. The third-order valence-corrected chi connectivity index (χ3v) is 4.47. The molecule has 0 aliphatic carbocycles. The van der Waals surface area contributed by atoms with Gasteiger partial charge in [-0.05, 0) is 47.9 Å². The van der Waals surface area contributed by atoms with Crippen LogP contribution in [0.1, 0.15) is 11.1 Å². The molecule has 0 atom stereocenters. The van der Waals surface area contributed by atoms with Gasteiger partial charge in [0.15, 0.2) is 0 Å². The van der Waals surface area contributed by atoms with E-state index in [9.17, 15) is 0 Å². The summed E-state index contributed by atoms with van der Waals surface area (Å²) in [5.74, 6) is 1.24. The van der Waals surface area contributed by atoms with E-state index < -0.39 is 0 Å². The van der Waals surface area contributed by atoms with Crippen LogP contribution in [-0.2, 0) is 0 Å². The predicted molar refractivity (Wildman–Crippen MR) is 90.7 cm³/mol. The average Bonchev–Trinajstić information content (AvgIpc) is 3.15. The highest BCUT2D eigenvalue weighted by atomic mass is 15.2. The van der Waals surface area contributed by atoms with Crippen LogP contribution in [0.15, 0.2) is 54.9 Å². The fourth-order valence-electron chi connectivity index (χ4n) is 3.15. The smallest absolute Gasteiger partial charge is 0.277 e. The highest BCUT2D eigenvalue weighted by molar-refractivity contribution is 5.98. The van der Waals surface area contributed by atoms with Crippen molar-refractivity contribution in [2.24, 2.45) is 0 Å². The number of hydrogen-bond donors (Lipinski definition) is 1. The lowest BCUT2D eigenvalue weighted by molar-refractivity contribution is -0.485. The molecule has 0 bridgehead atoms. The van der Waals surface area contributed by atoms with Gasteiger partial charge in [-0.25, -0.2) is 0 Å². The van der Waals surface area contributed by atoms with Crippen LogP contribution in [0.4, 0.5) is 0 Å². The Morgan fingerprint density at radius 1 is 1.09 bits per heavy atom. The largest absolute Gasteiger partial charge is 0.323 e. The Balaban J connectivity index is 1.84. The van der Waals surface area contributed by atoms with Gasteiger partial charge in [0.05, 0.1) is 12.6 Å². The summed E-state index contributed by atoms with van der Waals surface area (Å²) >= 11 is 0. The third kappa shape index (κ3) is 2.10. The first-order valence-corrected chi connectivity index (χ1v) is 7.72. The van der Waals surface area contributed by atoms with Crippen molar-refractivity contribution in [3.05, 3.63) is 66.0 Å². The van der Waals surface area contributed by atoms with E-state index in [4.69, 9.17) is 0 Å². The summed E-state index contributed by atoms with van der Waals surface area (Å²) in [7, 11) is 2.15. The molecule has 0 saturated carbocycles. The molecule has 0 spiro atoms. The van der Waals surface area contributed by atoms with E-state index in [1.807, 2.05) is 0 Å². The van der Waals surface area contributed by atoms with Crippen LogP contribution in [0.5, 0.6) is 0 Å². The third-order valence-electron chi connectivity index (χ3n) is 4.47. The SMILES string of the molecule is Cc1ccc(-c2ccc3cccn3c2)cc1C1=[N+](C)CCN1. The van der Waals surface area contributed by atoms with Crippen LogP contribution in [0, 0.1) is 6.92 Å². The molecule has 1 aliphatic heterocycles. The molecule has 110 valence electrons. The molecule has 3 aromatic rings. The van der Waals surface area contributed by atoms with Gasteiger partial charge in [0, 0.05) is 17.9 Å². The number of nitrogens with one attached hydrogen (secondary N) is 1. The van der Waals surface area contributed by atoms with Crippen molar-refractivity contribution in [1.29, 1.82) is 0 Å². The summed E-state index contributed by atoms with van der Waals surface area (Å²) in [6.07, 6.45) is 4.29. The van der Waals surface area contributed by atoms with E-state index in [1.165, 1.54) is 33.6 Å². The zero-order valence-electron chi connectivity index (χ0n) is 13.0. The maximum atomic E-state index is 3.51. The van der Waals surface area contributed by atoms with Gasteiger partial charge in [-0.2, -0.15) is 0 Å². The molecule has 1 aromatic carbocycles. The summed E-state index contributed by atoms with van der Waals surface area (Å²) in [6, 6.07) is 15.3. The average molecular weight is 290 g/mol. The van der Waals surface area contributed by atoms with Crippen LogP contribution in [0.2, 0.25) is 0 Å². The van der Waals surface area contributed by atoms with Crippen molar-refractivity contribution >= 4 is 11.4 Å². The molecule has 4 rings (SSSR count). The summed E-state index contributed by atoms with van der Waals surface area (Å²) in [4.78, 5) is 0. The molecule has 0 saturated heterocycles. The summed E-state index contributed by atoms with van der Waals surface area (Å²) in [6.45, 7) is 4.26. The Bertz CT molecular complexity index is 887. The first kappa shape index (κ1) is 13.1. The van der Waals surface area contributed by atoms with Crippen molar-refractivity contribution in [2.75, 3.05) is 20.1 Å². The number of benzene rings is 1. The molecule has 1 N–H and O–H groups in total. The molecule has 0 unspecified atom stereocenters. The zero-order valence-corrected chi connectivity index (χ0v) is 13.0. The van der Waals surface area contributed by atoms with E-state index in [0.29, 0.717) is 0 Å². The molecule has 3 heteroatoms. The number of likely N-dealkylation sites (N-methyl/N-ethyl adjacent to an activating group) is 1. The van der Waals surface area contributed by atoms with Gasteiger partial charge in [0.1, 0.15) is 13.1 Å². The zero-order chi connectivity index (χ0) is 15.1. The van der Waals surface area contributed by atoms with Gasteiger partial charge in [-0.3, -0.25) is 9.89 Å². The molecule has 3 heterocycles. The number of nitrogens with zero attached hydrogens (tertiary/aromatic N) is 2. The summed E-state index contributed by atoms with van der Waals surface area (Å²) < 4.78 is 4.46. The van der Waals surface area contributed by atoms with Crippen molar-refractivity contribution in [3.63, 3.8) is 0 Å². The second-order valence-electron chi connectivity index (χ2n) is 5.98. The number of aromatic nitrogens is 1. The lowest BCUT2D eigenvalue weighted by Crippen LogP contribution is -2.23. The highest BCUT2D eigenvalue weighted by Crippen LogP contribution is 2.24. The topological polar surface area (TPSA) is 19.4 Å². The highest BCUT2D eigenvalue weighted by Gasteiger charge is 2.21. The van der Waals surface area contributed by atoms with Crippen molar-refractivity contribution in [3.8, 4) is 11.1 Å². The van der Waals surface area contributed by atoms with Crippen LogP contribution in [0.3, 0.4) is 0 Å². The molecule has 0 radical (unpaired) electrons. The van der Waals surface area contributed by atoms with E-state index >= 15 is 0 Å². The van der Waals surface area contributed by atoms with Crippen LogP contribution < -0.4 is 5.32 Å². The number of pyridine rings is 1. The molecule has 22 heavy (non-hydrogen) atoms. The van der Waals surface area contributed by atoms with Crippen molar-refractivity contribution < 1.29 is 4.58 Å². The Morgan fingerprint density at radius 2 is 1.95 bits per heavy atom. The van der Waals surface area contributed by atoms with Crippen molar-refractivity contribution in [1.82, 2.24) is 9.72 Å². The lowest BCUT2D eigenvalue weighted by atomic mass is 10.00. The van der Waals surface area contributed by atoms with Crippen LogP contribution in [0.25, 0.3) is 16.6 Å². The molecular weight excluding hydrogens is 270 g/mol. The number of aryl methyl sites for hydroxylation is 1. The van der Waals surface area contributed by atoms with Gasteiger partial charge in [-0.15, -0.1) is 0 Å². The first-order valence-electron chi connectivity index (χ1n) is 7.72. The number of fused-ring (bicyclic) bond motifs is 1. The fraction of sp³-hybridized carbons (Fsp3) is 0.211. The van der Waals surface area contributed by atoms with E-state index in [2.05, 4.69) is 83.1 Å². The molecule has 1 aliphatic rings. The van der Waals surface area contributed by atoms with E-state index in [0.717, 1.165) is 13.1 Å². The summed E-state index contributed by atoms with van der Waals surface area (Å²) in [5, 5.41) is 3.51. The Labute approximate surface area is 130 Å². The second-order valence-corrected chi connectivity index (χ2v) is 5.98. The maximum Gasteiger partial charge on any atom is 0.277 e. The van der Waals surface area contributed by atoms with Gasteiger partial charge in [-0.1, -0.05) is 18.2 Å². The van der Waals surface area contributed by atoms with E-state index in [1.54, 1.807) is 0 Å². The molecule has 0 fully saturated rings. The quantitative estimate of drug-likeness (QED) is 0.719. The van der Waals surface area contributed by atoms with Crippen molar-refractivity contribution in [2.45, 2.75) is 6.92 Å². The standard InChI is InChI=1S/C19H19N3/c1-14-5-6-15(12-18(14)19-20-9-11-21(19)2)16-7-8-17-4-3-10-22(17)13-16/h3-8,10,12-13H,9,11H2,1-2H3/p+1. The Hall–Kier alpha value is -2.55. The molecular formula is C19H20N3+. The number of rotatable bonds is 2. The van der Waals surface area contributed by atoms with Crippen LogP contribution >= 0.6 is 0 Å². The minimum Gasteiger partial charge on any atom is -0.323 e. The molecule has 2 aromatic heterocycles. The minimum atomic E-state index is 1.02. The van der Waals surface area contributed by atoms with Gasteiger partial charge in [0.25, 0.3) is 5.84 Å². The predicted octanol–water partition coefficient (Wildman–Crippen LogP) is 2.91. The second kappa shape index (κ2) is 5.02. The van der Waals surface area contributed by atoms with Gasteiger partial charge in [0.2, 0.25) is 0 Å². The maximum absolute atomic E-state index is 3.51. The normalized spacial score (nSPS) is 14.6. The Kier molecular flexibility index (Phi) is 3.00. The van der Waals surface area contributed by atoms with Gasteiger partial charge >= 0.3 is 0 Å². The van der Waals surface area contributed by atoms with Crippen LogP contribution in [-0.4, -0.2) is 34.9 Å².